The van der Waals surface area contributed by atoms with Crippen LogP contribution in [0.1, 0.15) is 27.7 Å². The summed E-state index contributed by atoms with van der Waals surface area (Å²) < 4.78 is 2.93. The molecule has 0 aliphatic carbocycles. The maximum Gasteiger partial charge on any atom is 0.178 e. The van der Waals surface area contributed by atoms with Gasteiger partial charge in [-0.15, -0.1) is 0 Å². The van der Waals surface area contributed by atoms with E-state index in [-0.39, 0.29) is 5.41 Å². The van der Waals surface area contributed by atoms with E-state index >= 15 is 0 Å². The third-order valence-corrected chi connectivity index (χ3v) is 4.42. The van der Waals surface area contributed by atoms with Crippen LogP contribution < -0.4 is 0 Å². The summed E-state index contributed by atoms with van der Waals surface area (Å²) in [5, 5.41) is 0.731. The standard InChI is InChI=1S/C14H19ClN2S/c1-9(2)14(3,4)8-17-12-6-5-10(15)7-11(12)16-13(17)18/h5-7,9H,8H2,1-4H3,(H,16,18). The first-order chi connectivity index (χ1) is 8.31. The van der Waals surface area contributed by atoms with E-state index in [0.29, 0.717) is 5.92 Å². The van der Waals surface area contributed by atoms with Gasteiger partial charge in [0.2, 0.25) is 0 Å². The highest BCUT2D eigenvalue weighted by Gasteiger charge is 2.24. The molecule has 1 heterocycles. The zero-order valence-electron chi connectivity index (χ0n) is 11.2. The summed E-state index contributed by atoms with van der Waals surface area (Å²) in [6, 6.07) is 5.86. The average Bonchev–Trinajstić information content (AvgIpc) is 2.54. The molecular formula is C14H19ClN2S. The third kappa shape index (κ3) is 2.47. The Kier molecular flexibility index (Phi) is 3.56. The SMILES string of the molecule is CC(C)C(C)(C)Cn1c(=S)[nH]c2cc(Cl)ccc21. The van der Waals surface area contributed by atoms with Crippen LogP contribution in [0.25, 0.3) is 11.0 Å². The maximum absolute atomic E-state index is 6.00. The van der Waals surface area contributed by atoms with Crippen molar-refractivity contribution in [3.63, 3.8) is 0 Å². The van der Waals surface area contributed by atoms with Crippen LogP contribution in [-0.2, 0) is 6.54 Å². The Morgan fingerprint density at radius 3 is 2.67 bits per heavy atom. The predicted molar refractivity (Wildman–Crippen MR) is 80.8 cm³/mol. The second-order valence-corrected chi connectivity index (χ2v) is 6.64. The molecule has 0 atom stereocenters. The van der Waals surface area contributed by atoms with Gasteiger partial charge in [-0.25, -0.2) is 0 Å². The Bertz CT molecular complexity index is 622. The molecule has 0 aliphatic rings. The fraction of sp³-hybridized carbons (Fsp3) is 0.500. The van der Waals surface area contributed by atoms with Gasteiger partial charge < -0.3 is 9.55 Å². The lowest BCUT2D eigenvalue weighted by Crippen LogP contribution is -2.25. The van der Waals surface area contributed by atoms with E-state index < -0.39 is 0 Å². The first-order valence-electron chi connectivity index (χ1n) is 6.19. The van der Waals surface area contributed by atoms with Gasteiger partial charge in [-0.3, -0.25) is 0 Å². The molecule has 1 aromatic heterocycles. The molecule has 0 saturated carbocycles. The highest BCUT2D eigenvalue weighted by molar-refractivity contribution is 7.71. The minimum atomic E-state index is 0.201. The normalized spacial score (nSPS) is 12.6. The Morgan fingerprint density at radius 2 is 2.06 bits per heavy atom. The van der Waals surface area contributed by atoms with Gasteiger partial charge >= 0.3 is 0 Å². The molecule has 0 bridgehead atoms. The Hall–Kier alpha value is -0.800. The van der Waals surface area contributed by atoms with E-state index in [4.69, 9.17) is 23.8 Å². The van der Waals surface area contributed by atoms with Crippen LogP contribution in [-0.4, -0.2) is 9.55 Å². The number of nitrogens with one attached hydrogen (secondary N) is 1. The van der Waals surface area contributed by atoms with Crippen molar-refractivity contribution in [2.45, 2.75) is 34.2 Å². The van der Waals surface area contributed by atoms with E-state index in [1.165, 1.54) is 0 Å². The predicted octanol–water partition coefficient (Wildman–Crippen LogP) is 5.03. The van der Waals surface area contributed by atoms with Gasteiger partial charge in [-0.2, -0.15) is 0 Å². The Morgan fingerprint density at radius 1 is 1.39 bits per heavy atom. The molecular weight excluding hydrogens is 264 g/mol. The van der Waals surface area contributed by atoms with Crippen molar-refractivity contribution in [1.29, 1.82) is 0 Å². The van der Waals surface area contributed by atoms with Crippen LogP contribution in [0.15, 0.2) is 18.2 Å². The summed E-state index contributed by atoms with van der Waals surface area (Å²) in [4.78, 5) is 3.22. The van der Waals surface area contributed by atoms with Crippen molar-refractivity contribution in [1.82, 2.24) is 9.55 Å². The quantitative estimate of drug-likeness (QED) is 0.783. The van der Waals surface area contributed by atoms with E-state index in [9.17, 15) is 0 Å². The number of H-pyrrole nitrogens is 1. The third-order valence-electron chi connectivity index (χ3n) is 3.86. The van der Waals surface area contributed by atoms with Crippen LogP contribution in [0, 0.1) is 16.1 Å². The first-order valence-corrected chi connectivity index (χ1v) is 6.98. The van der Waals surface area contributed by atoms with Crippen molar-refractivity contribution >= 4 is 34.9 Å². The zero-order chi connectivity index (χ0) is 13.5. The lowest BCUT2D eigenvalue weighted by molar-refractivity contribution is 0.212. The zero-order valence-corrected chi connectivity index (χ0v) is 12.8. The topological polar surface area (TPSA) is 20.7 Å². The molecule has 0 radical (unpaired) electrons. The average molecular weight is 283 g/mol. The fourth-order valence-electron chi connectivity index (χ4n) is 1.88. The molecule has 0 unspecified atom stereocenters. The smallest absolute Gasteiger partial charge is 0.178 e. The number of aromatic amines is 1. The number of halogens is 1. The molecule has 2 rings (SSSR count). The molecule has 0 saturated heterocycles. The van der Waals surface area contributed by atoms with Crippen LogP contribution in [0.5, 0.6) is 0 Å². The first kappa shape index (κ1) is 13.6. The van der Waals surface area contributed by atoms with Gasteiger partial charge in [0.1, 0.15) is 0 Å². The van der Waals surface area contributed by atoms with E-state index in [0.717, 1.165) is 27.4 Å². The number of hydrogen-bond donors (Lipinski definition) is 1. The summed E-state index contributed by atoms with van der Waals surface area (Å²) in [6.45, 7) is 9.94. The molecule has 0 fully saturated rings. The van der Waals surface area contributed by atoms with Crippen molar-refractivity contribution in [3.05, 3.63) is 28.0 Å². The van der Waals surface area contributed by atoms with Crippen molar-refractivity contribution in [2.24, 2.45) is 11.3 Å². The molecule has 18 heavy (non-hydrogen) atoms. The van der Waals surface area contributed by atoms with Crippen LogP contribution >= 0.6 is 23.8 Å². The van der Waals surface area contributed by atoms with E-state index in [2.05, 4.69) is 37.2 Å². The van der Waals surface area contributed by atoms with Crippen molar-refractivity contribution in [2.75, 3.05) is 0 Å². The number of hydrogen-bond acceptors (Lipinski definition) is 1. The molecule has 2 aromatic rings. The molecule has 0 spiro atoms. The van der Waals surface area contributed by atoms with Crippen molar-refractivity contribution in [3.8, 4) is 0 Å². The fourth-order valence-corrected chi connectivity index (χ4v) is 2.33. The summed E-state index contributed by atoms with van der Waals surface area (Å²) in [6.07, 6.45) is 0. The summed E-state index contributed by atoms with van der Waals surface area (Å²) in [5.74, 6) is 0.594. The monoisotopic (exact) mass is 282 g/mol. The highest BCUT2D eigenvalue weighted by atomic mass is 35.5. The molecule has 4 heteroatoms. The van der Waals surface area contributed by atoms with Gasteiger partial charge in [-0.05, 0) is 41.7 Å². The summed E-state index contributed by atoms with van der Waals surface area (Å²) in [5.41, 5.74) is 2.33. The Labute approximate surface area is 118 Å². The van der Waals surface area contributed by atoms with E-state index in [1.54, 1.807) is 0 Å². The lowest BCUT2D eigenvalue weighted by atomic mass is 9.81. The lowest BCUT2D eigenvalue weighted by Gasteiger charge is -2.29. The number of imidazole rings is 1. The number of rotatable bonds is 3. The summed E-state index contributed by atoms with van der Waals surface area (Å²) >= 11 is 11.4. The molecule has 0 amide bonds. The largest absolute Gasteiger partial charge is 0.331 e. The summed E-state index contributed by atoms with van der Waals surface area (Å²) in [7, 11) is 0. The number of nitrogens with zero attached hydrogens (tertiary/aromatic N) is 1. The maximum atomic E-state index is 6.00. The van der Waals surface area contributed by atoms with Gasteiger partial charge in [0.25, 0.3) is 0 Å². The van der Waals surface area contributed by atoms with Crippen LogP contribution in [0.4, 0.5) is 0 Å². The number of benzene rings is 1. The second-order valence-electron chi connectivity index (χ2n) is 5.82. The molecule has 1 N–H and O–H groups in total. The van der Waals surface area contributed by atoms with Crippen LogP contribution in [0.3, 0.4) is 0 Å². The van der Waals surface area contributed by atoms with Crippen LogP contribution in [0.2, 0.25) is 5.02 Å². The molecule has 1 aromatic carbocycles. The minimum Gasteiger partial charge on any atom is -0.331 e. The van der Waals surface area contributed by atoms with Gasteiger partial charge in [0.05, 0.1) is 11.0 Å². The number of aromatic nitrogens is 2. The van der Waals surface area contributed by atoms with Gasteiger partial charge in [-0.1, -0.05) is 39.3 Å². The van der Waals surface area contributed by atoms with Crippen molar-refractivity contribution < 1.29 is 0 Å². The molecule has 2 nitrogen and oxygen atoms in total. The highest BCUT2D eigenvalue weighted by Crippen LogP contribution is 2.30. The molecule has 0 aliphatic heterocycles. The number of fused-ring (bicyclic) bond motifs is 1. The second kappa shape index (κ2) is 4.71. The minimum absolute atomic E-state index is 0.201. The molecule has 98 valence electrons. The van der Waals surface area contributed by atoms with E-state index in [1.807, 2.05) is 18.2 Å². The Balaban J connectivity index is 2.52. The van der Waals surface area contributed by atoms with Gasteiger partial charge in [0, 0.05) is 11.6 Å². The van der Waals surface area contributed by atoms with Gasteiger partial charge in [0.15, 0.2) is 4.77 Å².